The number of carboxylic acid groups (broad SMARTS) is 1. The number of carbonyl (C=O) groups is 3. The van der Waals surface area contributed by atoms with Crippen LogP contribution >= 0.6 is 0 Å². The van der Waals surface area contributed by atoms with E-state index in [4.69, 9.17) is 10.5 Å². The first-order chi connectivity index (χ1) is 11.2. The van der Waals surface area contributed by atoms with Crippen LogP contribution in [0.25, 0.3) is 0 Å². The third-order valence-corrected chi connectivity index (χ3v) is 3.67. The molecule has 1 aromatic rings. The molecule has 132 valence electrons. The molecule has 0 aliphatic rings. The Kier molecular flexibility index (Phi) is 7.54. The molecule has 0 aliphatic carbocycles. The summed E-state index contributed by atoms with van der Waals surface area (Å²) < 4.78 is 4.73. The number of esters is 2. The minimum Gasteiger partial charge on any atom is -0.480 e. The van der Waals surface area contributed by atoms with Crippen LogP contribution < -0.4 is 5.73 Å². The molecule has 0 saturated heterocycles. The molecule has 0 aliphatic heterocycles. The van der Waals surface area contributed by atoms with Gasteiger partial charge in [0.2, 0.25) is 0 Å². The number of carbonyl (C=O) groups excluding carboxylic acids is 2. The predicted molar refractivity (Wildman–Crippen MR) is 87.9 cm³/mol. The Bertz CT molecular complexity index is 574. The molecule has 0 radical (unpaired) electrons. The Balaban J connectivity index is 2.76. The molecule has 7 nitrogen and oxygen atoms in total. The van der Waals surface area contributed by atoms with Gasteiger partial charge in [0.1, 0.15) is 12.1 Å². The maximum atomic E-state index is 12.0. The summed E-state index contributed by atoms with van der Waals surface area (Å²) in [7, 11) is 0. The van der Waals surface area contributed by atoms with E-state index in [2.05, 4.69) is 0 Å². The third-order valence-electron chi connectivity index (χ3n) is 3.67. The highest BCUT2D eigenvalue weighted by atomic mass is 16.6. The Labute approximate surface area is 141 Å². The first-order valence-electron chi connectivity index (χ1n) is 7.73. The number of rotatable bonds is 8. The molecule has 0 amide bonds. The van der Waals surface area contributed by atoms with Crippen molar-refractivity contribution in [3.8, 4) is 0 Å². The maximum Gasteiger partial charge on any atom is 0.330 e. The number of nitrogens with two attached hydrogens (primary N) is 1. The zero-order valence-corrected chi connectivity index (χ0v) is 14.1. The summed E-state index contributed by atoms with van der Waals surface area (Å²) in [5.74, 6) is -2.86. The van der Waals surface area contributed by atoms with E-state index in [1.54, 1.807) is 13.8 Å². The molecule has 3 N–H and O–H groups in total. The molecular weight excluding hydrogens is 312 g/mol. The Morgan fingerprint density at radius 2 is 1.75 bits per heavy atom. The summed E-state index contributed by atoms with van der Waals surface area (Å²) >= 11 is 0. The van der Waals surface area contributed by atoms with Crippen molar-refractivity contribution < 1.29 is 24.2 Å². The van der Waals surface area contributed by atoms with Gasteiger partial charge in [-0.05, 0) is 18.4 Å². The van der Waals surface area contributed by atoms with Crippen molar-refractivity contribution in [2.24, 2.45) is 11.7 Å². The molecule has 7 heteroatoms. The third kappa shape index (κ3) is 6.10. The largest absolute Gasteiger partial charge is 0.480 e. The quantitative estimate of drug-likeness (QED) is 0.538. The molecule has 0 fully saturated rings. The lowest BCUT2D eigenvalue weighted by atomic mass is 10.1. The lowest BCUT2D eigenvalue weighted by Crippen LogP contribution is -2.44. The molecule has 1 aromatic carbocycles. The molecule has 2 atom stereocenters. The summed E-state index contributed by atoms with van der Waals surface area (Å²) in [6, 6.07) is 7.33. The van der Waals surface area contributed by atoms with Crippen LogP contribution in [0, 0.1) is 5.92 Å². The summed E-state index contributed by atoms with van der Waals surface area (Å²) in [6.07, 6.45) is 0. The van der Waals surface area contributed by atoms with Crippen LogP contribution in [0.15, 0.2) is 30.3 Å². The highest BCUT2D eigenvalue weighted by Crippen LogP contribution is 2.09. The standard InChI is InChI=1S/C17H24N2O5/c1-11(2)15(18)17(23)24-14(20)10-19(12(3)16(21)22)9-13-7-5-4-6-8-13/h4-8,11-12,15H,9-10,18H2,1-3H3,(H,21,22)/t12?,15-/m0/s1. The van der Waals surface area contributed by atoms with Gasteiger partial charge in [0.15, 0.2) is 0 Å². The van der Waals surface area contributed by atoms with Crippen molar-refractivity contribution in [1.29, 1.82) is 0 Å². The van der Waals surface area contributed by atoms with Crippen molar-refractivity contribution in [2.75, 3.05) is 6.54 Å². The smallest absolute Gasteiger partial charge is 0.330 e. The molecular formula is C17H24N2O5. The van der Waals surface area contributed by atoms with Crippen molar-refractivity contribution in [1.82, 2.24) is 4.90 Å². The minimum atomic E-state index is -1.07. The second-order valence-corrected chi connectivity index (χ2v) is 5.97. The van der Waals surface area contributed by atoms with Crippen LogP contribution in [0.1, 0.15) is 26.3 Å². The van der Waals surface area contributed by atoms with E-state index in [0.29, 0.717) is 0 Å². The molecule has 1 unspecified atom stereocenters. The molecule has 0 heterocycles. The lowest BCUT2D eigenvalue weighted by Gasteiger charge is -2.25. The maximum absolute atomic E-state index is 12.0. The zero-order chi connectivity index (χ0) is 18.3. The lowest BCUT2D eigenvalue weighted by molar-refractivity contribution is -0.162. The van der Waals surface area contributed by atoms with Gasteiger partial charge in [0.25, 0.3) is 0 Å². The van der Waals surface area contributed by atoms with Crippen LogP contribution in [0.3, 0.4) is 0 Å². The van der Waals surface area contributed by atoms with Crippen molar-refractivity contribution in [2.45, 2.75) is 39.4 Å². The van der Waals surface area contributed by atoms with Gasteiger partial charge in [-0.1, -0.05) is 44.2 Å². The van der Waals surface area contributed by atoms with Gasteiger partial charge in [0, 0.05) is 6.54 Å². The number of nitrogens with zero attached hydrogens (tertiary/aromatic N) is 1. The van der Waals surface area contributed by atoms with E-state index in [9.17, 15) is 19.5 Å². The van der Waals surface area contributed by atoms with E-state index in [1.807, 2.05) is 30.3 Å². The molecule has 0 bridgehead atoms. The molecule has 0 saturated carbocycles. The number of benzene rings is 1. The van der Waals surface area contributed by atoms with E-state index in [0.717, 1.165) is 5.56 Å². The Hall–Kier alpha value is -2.25. The SMILES string of the molecule is CC(C)[C@H](N)C(=O)OC(=O)CN(Cc1ccccc1)C(C)C(=O)O. The van der Waals surface area contributed by atoms with Crippen LogP contribution in [-0.2, 0) is 25.7 Å². The summed E-state index contributed by atoms with van der Waals surface area (Å²) in [4.78, 5) is 36.4. The highest BCUT2D eigenvalue weighted by Gasteiger charge is 2.27. The first-order valence-corrected chi connectivity index (χ1v) is 7.73. The van der Waals surface area contributed by atoms with Gasteiger partial charge in [-0.15, -0.1) is 0 Å². The Morgan fingerprint density at radius 3 is 2.25 bits per heavy atom. The number of hydrogen-bond donors (Lipinski definition) is 2. The second kappa shape index (κ2) is 9.14. The molecule has 1 rings (SSSR count). The number of aliphatic carboxylic acids is 1. The van der Waals surface area contributed by atoms with E-state index < -0.39 is 30.0 Å². The van der Waals surface area contributed by atoms with Gasteiger partial charge >= 0.3 is 17.9 Å². The average Bonchev–Trinajstić information content (AvgIpc) is 2.53. The fourth-order valence-electron chi connectivity index (χ4n) is 1.95. The van der Waals surface area contributed by atoms with Crippen molar-refractivity contribution >= 4 is 17.9 Å². The topological polar surface area (TPSA) is 110 Å². The highest BCUT2D eigenvalue weighted by molar-refractivity contribution is 5.89. The first kappa shape index (κ1) is 19.8. The van der Waals surface area contributed by atoms with Gasteiger partial charge in [-0.2, -0.15) is 0 Å². The fourth-order valence-corrected chi connectivity index (χ4v) is 1.95. The summed E-state index contributed by atoms with van der Waals surface area (Å²) in [5.41, 5.74) is 6.49. The molecule has 24 heavy (non-hydrogen) atoms. The van der Waals surface area contributed by atoms with Crippen molar-refractivity contribution in [3.63, 3.8) is 0 Å². The minimum absolute atomic E-state index is 0.163. The number of hydrogen-bond acceptors (Lipinski definition) is 6. The van der Waals surface area contributed by atoms with Crippen LogP contribution in [0.2, 0.25) is 0 Å². The molecule has 0 spiro atoms. The van der Waals surface area contributed by atoms with E-state index >= 15 is 0 Å². The van der Waals surface area contributed by atoms with E-state index in [1.165, 1.54) is 11.8 Å². The normalized spacial score (nSPS) is 13.6. The predicted octanol–water partition coefficient (Wildman–Crippen LogP) is 1.01. The number of ether oxygens (including phenoxy) is 1. The Morgan fingerprint density at radius 1 is 1.17 bits per heavy atom. The second-order valence-electron chi connectivity index (χ2n) is 5.97. The fraction of sp³-hybridized carbons (Fsp3) is 0.471. The average molecular weight is 336 g/mol. The monoisotopic (exact) mass is 336 g/mol. The van der Waals surface area contributed by atoms with Crippen molar-refractivity contribution in [3.05, 3.63) is 35.9 Å². The summed E-state index contributed by atoms with van der Waals surface area (Å²) in [6.45, 7) is 4.88. The van der Waals surface area contributed by atoms with Crippen LogP contribution in [-0.4, -0.2) is 46.5 Å². The van der Waals surface area contributed by atoms with Gasteiger partial charge in [0.05, 0.1) is 6.54 Å². The van der Waals surface area contributed by atoms with Gasteiger partial charge in [-0.3, -0.25) is 14.5 Å². The molecule has 0 aromatic heterocycles. The zero-order valence-electron chi connectivity index (χ0n) is 14.1. The van der Waals surface area contributed by atoms with Gasteiger partial charge < -0.3 is 15.6 Å². The van der Waals surface area contributed by atoms with E-state index in [-0.39, 0.29) is 19.0 Å². The van der Waals surface area contributed by atoms with Crippen LogP contribution in [0.4, 0.5) is 0 Å². The summed E-state index contributed by atoms with van der Waals surface area (Å²) in [5, 5.41) is 9.21. The van der Waals surface area contributed by atoms with Gasteiger partial charge in [-0.25, -0.2) is 4.79 Å². The van der Waals surface area contributed by atoms with Crippen LogP contribution in [0.5, 0.6) is 0 Å². The number of carboxylic acids is 1.